The summed E-state index contributed by atoms with van der Waals surface area (Å²) in [6, 6.07) is 14.3. The SMILES string of the molecule is CSc1cccc(Nc2cc(C)ccc2N)c1. The van der Waals surface area contributed by atoms with E-state index in [1.165, 1.54) is 10.5 Å². The van der Waals surface area contributed by atoms with Crippen molar-refractivity contribution in [1.82, 2.24) is 0 Å². The van der Waals surface area contributed by atoms with Crippen LogP contribution in [0.25, 0.3) is 0 Å². The third kappa shape index (κ3) is 2.94. The lowest BCUT2D eigenvalue weighted by Gasteiger charge is -2.11. The molecule has 0 radical (unpaired) electrons. The normalized spacial score (nSPS) is 10.2. The second kappa shape index (κ2) is 5.15. The van der Waals surface area contributed by atoms with Crippen LogP contribution >= 0.6 is 11.8 Å². The van der Waals surface area contributed by atoms with Crippen LogP contribution in [0.5, 0.6) is 0 Å². The topological polar surface area (TPSA) is 38.0 Å². The molecule has 0 saturated carbocycles. The van der Waals surface area contributed by atoms with Gasteiger partial charge in [-0.3, -0.25) is 0 Å². The number of hydrogen-bond acceptors (Lipinski definition) is 3. The van der Waals surface area contributed by atoms with E-state index >= 15 is 0 Å². The van der Waals surface area contributed by atoms with E-state index < -0.39 is 0 Å². The van der Waals surface area contributed by atoms with Crippen molar-refractivity contribution in [2.45, 2.75) is 11.8 Å². The molecule has 0 bridgehead atoms. The lowest BCUT2D eigenvalue weighted by Crippen LogP contribution is -1.96. The minimum Gasteiger partial charge on any atom is -0.397 e. The summed E-state index contributed by atoms with van der Waals surface area (Å²) in [6.07, 6.45) is 2.07. The number of thioether (sulfide) groups is 1. The van der Waals surface area contributed by atoms with Crippen molar-refractivity contribution < 1.29 is 0 Å². The van der Waals surface area contributed by atoms with Crippen LogP contribution in [0.4, 0.5) is 17.1 Å². The summed E-state index contributed by atoms with van der Waals surface area (Å²) in [5.41, 5.74) is 9.93. The molecule has 0 aliphatic rings. The second-order valence-corrected chi connectivity index (χ2v) is 4.83. The summed E-state index contributed by atoms with van der Waals surface area (Å²) in [4.78, 5) is 1.24. The maximum absolute atomic E-state index is 5.94. The van der Waals surface area contributed by atoms with Gasteiger partial charge in [-0.25, -0.2) is 0 Å². The van der Waals surface area contributed by atoms with Crippen molar-refractivity contribution in [3.8, 4) is 0 Å². The Hall–Kier alpha value is -1.61. The highest BCUT2D eigenvalue weighted by Crippen LogP contribution is 2.26. The smallest absolute Gasteiger partial charge is 0.0620 e. The van der Waals surface area contributed by atoms with Gasteiger partial charge in [0, 0.05) is 10.6 Å². The van der Waals surface area contributed by atoms with Gasteiger partial charge < -0.3 is 11.1 Å². The van der Waals surface area contributed by atoms with E-state index in [9.17, 15) is 0 Å². The highest BCUT2D eigenvalue weighted by atomic mass is 32.2. The van der Waals surface area contributed by atoms with Crippen LogP contribution in [0.2, 0.25) is 0 Å². The molecule has 0 amide bonds. The quantitative estimate of drug-likeness (QED) is 0.632. The van der Waals surface area contributed by atoms with Crippen molar-refractivity contribution in [1.29, 1.82) is 0 Å². The molecule has 17 heavy (non-hydrogen) atoms. The van der Waals surface area contributed by atoms with Gasteiger partial charge in [-0.15, -0.1) is 11.8 Å². The van der Waals surface area contributed by atoms with Crippen molar-refractivity contribution >= 4 is 28.8 Å². The Balaban J connectivity index is 2.27. The Kier molecular flexibility index (Phi) is 3.59. The fraction of sp³-hybridized carbons (Fsp3) is 0.143. The number of rotatable bonds is 3. The summed E-state index contributed by atoms with van der Waals surface area (Å²) >= 11 is 1.73. The maximum atomic E-state index is 5.94. The van der Waals surface area contributed by atoms with E-state index in [1.54, 1.807) is 11.8 Å². The minimum absolute atomic E-state index is 0.769. The van der Waals surface area contributed by atoms with Crippen LogP contribution < -0.4 is 11.1 Å². The van der Waals surface area contributed by atoms with Crippen LogP contribution in [0.1, 0.15) is 5.56 Å². The first-order valence-corrected chi connectivity index (χ1v) is 6.69. The summed E-state index contributed by atoms with van der Waals surface area (Å²) in [5, 5.41) is 3.35. The molecular weight excluding hydrogens is 228 g/mol. The van der Waals surface area contributed by atoms with Gasteiger partial charge in [-0.05, 0) is 49.1 Å². The fourth-order valence-corrected chi connectivity index (χ4v) is 2.09. The molecule has 2 aromatic carbocycles. The standard InChI is InChI=1S/C14H16N2S/c1-10-6-7-13(15)14(8-10)16-11-4-3-5-12(9-11)17-2/h3-9,16H,15H2,1-2H3. The first kappa shape index (κ1) is 11.9. The van der Waals surface area contributed by atoms with E-state index in [4.69, 9.17) is 5.73 Å². The molecule has 2 aromatic rings. The largest absolute Gasteiger partial charge is 0.397 e. The average molecular weight is 244 g/mol. The van der Waals surface area contributed by atoms with Crippen LogP contribution in [-0.4, -0.2) is 6.26 Å². The molecule has 2 nitrogen and oxygen atoms in total. The number of hydrogen-bond donors (Lipinski definition) is 2. The molecule has 0 heterocycles. The zero-order valence-corrected chi connectivity index (χ0v) is 10.8. The van der Waals surface area contributed by atoms with E-state index in [0.717, 1.165) is 17.1 Å². The fourth-order valence-electron chi connectivity index (χ4n) is 1.63. The van der Waals surface area contributed by atoms with Crippen LogP contribution in [0.15, 0.2) is 47.4 Å². The lowest BCUT2D eigenvalue weighted by atomic mass is 10.2. The molecule has 3 heteroatoms. The Morgan fingerprint density at radius 3 is 2.71 bits per heavy atom. The van der Waals surface area contributed by atoms with Gasteiger partial charge in [0.1, 0.15) is 0 Å². The highest BCUT2D eigenvalue weighted by molar-refractivity contribution is 7.98. The minimum atomic E-state index is 0.769. The Morgan fingerprint density at radius 2 is 1.94 bits per heavy atom. The predicted molar refractivity (Wildman–Crippen MR) is 77.1 cm³/mol. The third-order valence-electron chi connectivity index (χ3n) is 2.56. The molecule has 3 N–H and O–H groups in total. The Morgan fingerprint density at radius 1 is 1.12 bits per heavy atom. The van der Waals surface area contributed by atoms with Gasteiger partial charge >= 0.3 is 0 Å². The third-order valence-corrected chi connectivity index (χ3v) is 3.28. The molecule has 0 saturated heterocycles. The van der Waals surface area contributed by atoms with E-state index in [2.05, 4.69) is 36.7 Å². The number of anilines is 3. The molecule has 0 unspecified atom stereocenters. The van der Waals surface area contributed by atoms with Crippen molar-refractivity contribution in [2.75, 3.05) is 17.3 Å². The van der Waals surface area contributed by atoms with Crippen LogP contribution in [-0.2, 0) is 0 Å². The monoisotopic (exact) mass is 244 g/mol. The van der Waals surface area contributed by atoms with Crippen LogP contribution in [0, 0.1) is 6.92 Å². The molecule has 2 rings (SSSR count). The lowest BCUT2D eigenvalue weighted by molar-refractivity contribution is 1.42. The molecular formula is C14H16N2S. The predicted octanol–water partition coefficient (Wildman–Crippen LogP) is 4.04. The van der Waals surface area contributed by atoms with Crippen molar-refractivity contribution in [2.24, 2.45) is 0 Å². The van der Waals surface area contributed by atoms with Gasteiger partial charge in [-0.1, -0.05) is 12.1 Å². The zero-order valence-electron chi connectivity index (χ0n) is 10.0. The summed E-state index contributed by atoms with van der Waals surface area (Å²) in [5.74, 6) is 0. The number of aryl methyl sites for hydroxylation is 1. The number of benzene rings is 2. The van der Waals surface area contributed by atoms with Crippen LogP contribution in [0.3, 0.4) is 0 Å². The molecule has 0 aliphatic heterocycles. The van der Waals surface area contributed by atoms with Gasteiger partial charge in [0.25, 0.3) is 0 Å². The molecule has 0 spiro atoms. The molecule has 0 atom stereocenters. The van der Waals surface area contributed by atoms with E-state index in [1.807, 2.05) is 24.3 Å². The van der Waals surface area contributed by atoms with E-state index in [0.29, 0.717) is 0 Å². The van der Waals surface area contributed by atoms with Gasteiger partial charge in [0.2, 0.25) is 0 Å². The number of nitrogens with two attached hydrogens (primary N) is 1. The van der Waals surface area contributed by atoms with Gasteiger partial charge in [-0.2, -0.15) is 0 Å². The molecule has 0 aliphatic carbocycles. The summed E-state index contributed by atoms with van der Waals surface area (Å²) in [7, 11) is 0. The first-order chi connectivity index (χ1) is 8.19. The van der Waals surface area contributed by atoms with Crippen molar-refractivity contribution in [3.63, 3.8) is 0 Å². The molecule has 88 valence electrons. The second-order valence-electron chi connectivity index (χ2n) is 3.95. The summed E-state index contributed by atoms with van der Waals surface area (Å²) < 4.78 is 0. The summed E-state index contributed by atoms with van der Waals surface area (Å²) in [6.45, 7) is 2.06. The zero-order chi connectivity index (χ0) is 12.3. The molecule has 0 fully saturated rings. The maximum Gasteiger partial charge on any atom is 0.0620 e. The molecule has 0 aromatic heterocycles. The number of nitrogen functional groups attached to an aromatic ring is 1. The van der Waals surface area contributed by atoms with Gasteiger partial charge in [0.15, 0.2) is 0 Å². The van der Waals surface area contributed by atoms with Gasteiger partial charge in [0.05, 0.1) is 11.4 Å². The Labute approximate surface area is 106 Å². The van der Waals surface area contributed by atoms with Crippen molar-refractivity contribution in [3.05, 3.63) is 48.0 Å². The average Bonchev–Trinajstić information content (AvgIpc) is 2.34. The number of nitrogens with one attached hydrogen (secondary N) is 1. The first-order valence-electron chi connectivity index (χ1n) is 5.46. The highest BCUT2D eigenvalue weighted by Gasteiger charge is 2.00. The Bertz CT molecular complexity index is 523. The van der Waals surface area contributed by atoms with E-state index in [-0.39, 0.29) is 0 Å².